The van der Waals surface area contributed by atoms with Crippen molar-refractivity contribution < 1.29 is 40.3 Å². The van der Waals surface area contributed by atoms with Crippen LogP contribution in [0.5, 0.6) is 0 Å². The molecule has 1 rings (SSSR count). The molecule has 0 aromatic rings. The van der Waals surface area contributed by atoms with Gasteiger partial charge in [-0.05, 0) is 18.8 Å². The van der Waals surface area contributed by atoms with Gasteiger partial charge < -0.3 is 22.3 Å². The van der Waals surface area contributed by atoms with Gasteiger partial charge in [0.25, 0.3) is 0 Å². The fraction of sp³-hybridized carbons (Fsp3) is 0.929. The molecule has 0 N–H and O–H groups in total. The third-order valence-corrected chi connectivity index (χ3v) is 2.72. The fourth-order valence-electron chi connectivity index (χ4n) is 1.96. The summed E-state index contributed by atoms with van der Waals surface area (Å²) < 4.78 is 5.00. The van der Waals surface area contributed by atoms with Crippen LogP contribution in [-0.4, -0.2) is 34.5 Å². The van der Waals surface area contributed by atoms with E-state index in [9.17, 15) is 0 Å². The van der Waals surface area contributed by atoms with E-state index in [0.29, 0.717) is 6.67 Å². The van der Waals surface area contributed by atoms with E-state index in [-0.39, 0.29) is 35.6 Å². The van der Waals surface area contributed by atoms with E-state index in [1.165, 1.54) is 38.5 Å². The fourth-order valence-corrected chi connectivity index (χ4v) is 1.96. The molecule has 4 heteroatoms. The van der Waals surface area contributed by atoms with Gasteiger partial charge in [0, 0.05) is 13.7 Å². The number of rotatable bonds is 6. The van der Waals surface area contributed by atoms with Crippen molar-refractivity contribution >= 4 is 0 Å². The Bertz CT molecular complexity index is 118. The first kappa shape index (κ1) is 24.1. The van der Waals surface area contributed by atoms with Crippen molar-refractivity contribution in [3.05, 3.63) is 17.6 Å². The summed E-state index contributed by atoms with van der Waals surface area (Å²) in [5.41, 5.74) is 0. The smallest absolute Gasteiger partial charge is 0.683 e. The van der Waals surface area contributed by atoms with Gasteiger partial charge in [0.1, 0.15) is 0 Å². The summed E-state index contributed by atoms with van der Waals surface area (Å²) in [6.45, 7) is 6.59. The van der Waals surface area contributed by atoms with Crippen LogP contribution in [-0.2, 0) is 4.74 Å². The van der Waals surface area contributed by atoms with Crippen LogP contribution in [0.25, 0.3) is 10.6 Å². The number of methoxy groups -OCH3 is 1. The molecule has 0 spiro atoms. The van der Waals surface area contributed by atoms with Gasteiger partial charge in [0.15, 0.2) is 0 Å². The Hall–Kier alpha value is 1.07. The van der Waals surface area contributed by atoms with Gasteiger partial charge in [-0.15, -0.1) is 0 Å². The molecule has 0 unspecified atom stereocenters. The first-order valence-corrected chi connectivity index (χ1v) is 6.66. The molecule has 0 aromatic heterocycles. The van der Waals surface area contributed by atoms with Gasteiger partial charge in [-0.1, -0.05) is 25.7 Å². The van der Waals surface area contributed by atoms with E-state index in [4.69, 9.17) is 4.74 Å². The average molecular weight is 382 g/mol. The summed E-state index contributed by atoms with van der Waals surface area (Å²) >= 11 is 0. The van der Waals surface area contributed by atoms with Gasteiger partial charge in [0.2, 0.25) is 0 Å². The summed E-state index contributed by atoms with van der Waals surface area (Å²) in [7, 11) is 5.27. The van der Waals surface area contributed by atoms with Crippen molar-refractivity contribution in [3.8, 4) is 0 Å². The number of hydrogen-bond donors (Lipinski definition) is 0. The van der Waals surface area contributed by atoms with Crippen LogP contribution in [0, 0.1) is 48.4 Å². The Labute approximate surface area is 143 Å². The monoisotopic (exact) mass is 382 g/mol. The van der Waals surface area contributed by atoms with E-state index in [0.717, 1.165) is 12.5 Å². The van der Waals surface area contributed by atoms with Crippen molar-refractivity contribution in [2.45, 2.75) is 45.4 Å². The topological polar surface area (TPSA) is 37.4 Å². The zero-order valence-corrected chi connectivity index (χ0v) is 16.4. The maximum atomic E-state index is 5.00. The van der Waals surface area contributed by atoms with Crippen molar-refractivity contribution in [2.24, 2.45) is 5.92 Å². The van der Waals surface area contributed by atoms with E-state index >= 15 is 0 Å². The number of hydrogen-bond acceptors (Lipinski definition) is 1. The van der Waals surface area contributed by atoms with Gasteiger partial charge in [-0.3, -0.25) is 6.67 Å². The molecule has 18 heavy (non-hydrogen) atoms. The van der Waals surface area contributed by atoms with E-state index < -0.39 is 0 Å². The Kier molecular flexibility index (Phi) is 31.1. The van der Waals surface area contributed by atoms with E-state index in [1.54, 1.807) is 28.1 Å². The molecule has 0 amide bonds. The third-order valence-electron chi connectivity index (χ3n) is 2.72. The molecule has 0 aliphatic heterocycles. The van der Waals surface area contributed by atoms with Crippen molar-refractivity contribution in [2.75, 3.05) is 34.5 Å². The first-order chi connectivity index (χ1) is 8.35. The van der Waals surface area contributed by atoms with E-state index in [1.807, 2.05) is 0 Å². The summed E-state index contributed by atoms with van der Waals surface area (Å²) in [6, 6.07) is 0. The third kappa shape index (κ3) is 19.4. The standard InChI is InChI=1S/C9H18O.C3H8N2.C2H5.La/c1-10-8-4-7-9-5-2-3-6-9;1-4-3-5-2;1-2;/h9H,2-8H2,1H3;3H2,1-2H3;1H2,2H3;/q;-2;-1;+3. The predicted octanol–water partition coefficient (Wildman–Crippen LogP) is 4.39. The van der Waals surface area contributed by atoms with Crippen LogP contribution in [0.15, 0.2) is 0 Å². The van der Waals surface area contributed by atoms with Crippen LogP contribution in [0.4, 0.5) is 0 Å². The molecule has 0 saturated heterocycles. The molecule has 0 bridgehead atoms. The molecule has 1 aliphatic carbocycles. The summed E-state index contributed by atoms with van der Waals surface area (Å²) in [6.07, 6.45) is 8.55. The van der Waals surface area contributed by atoms with Crippen LogP contribution in [0.3, 0.4) is 0 Å². The van der Waals surface area contributed by atoms with Crippen molar-refractivity contribution in [3.63, 3.8) is 0 Å². The second-order valence-electron chi connectivity index (χ2n) is 4.06. The second-order valence-corrected chi connectivity index (χ2v) is 4.06. The molecule has 1 aliphatic rings. The molecule has 0 aromatic carbocycles. The minimum atomic E-state index is 0. The summed E-state index contributed by atoms with van der Waals surface area (Å²) in [5, 5.41) is 7.38. The van der Waals surface area contributed by atoms with Crippen LogP contribution < -0.4 is 0 Å². The average Bonchev–Trinajstić information content (AvgIpc) is 2.87. The summed E-state index contributed by atoms with van der Waals surface area (Å²) in [5.74, 6) is 1.04. The molecule has 106 valence electrons. The molecule has 0 radical (unpaired) electrons. The van der Waals surface area contributed by atoms with Crippen molar-refractivity contribution in [1.29, 1.82) is 0 Å². The molecule has 0 atom stereocenters. The van der Waals surface area contributed by atoms with Crippen LogP contribution in [0.2, 0.25) is 0 Å². The molecule has 1 saturated carbocycles. The maximum Gasteiger partial charge on any atom is 3.00 e. The minimum Gasteiger partial charge on any atom is -0.683 e. The quantitative estimate of drug-likeness (QED) is 0.496. The SMILES string of the molecule is COCCCC1CCCC1.C[N-]C[N-]C.[CH2-]C.[La+3]. The predicted molar refractivity (Wildman–Crippen MR) is 77.5 cm³/mol. The molecule has 3 nitrogen and oxygen atoms in total. The maximum absolute atomic E-state index is 5.00. The largest absolute Gasteiger partial charge is 3.00 e. The first-order valence-electron chi connectivity index (χ1n) is 6.66. The molecule has 1 fully saturated rings. The molecule has 0 heterocycles. The minimum absolute atomic E-state index is 0. The zero-order valence-electron chi connectivity index (χ0n) is 12.8. The summed E-state index contributed by atoms with van der Waals surface area (Å²) in [4.78, 5) is 0. The van der Waals surface area contributed by atoms with Crippen molar-refractivity contribution in [1.82, 2.24) is 0 Å². The van der Waals surface area contributed by atoms with Gasteiger partial charge in [-0.25, -0.2) is 0 Å². The number of nitrogens with zero attached hydrogens (tertiary/aromatic N) is 2. The Morgan fingerprint density at radius 1 is 1.11 bits per heavy atom. The Morgan fingerprint density at radius 2 is 1.61 bits per heavy atom. The second kappa shape index (κ2) is 23.2. The zero-order chi connectivity index (χ0) is 13.4. The number of ether oxygens (including phenoxy) is 1. The Balaban J connectivity index is -0.000000243. The molecular weight excluding hydrogens is 351 g/mol. The Morgan fingerprint density at radius 3 is 1.94 bits per heavy atom. The van der Waals surface area contributed by atoms with Crippen LogP contribution in [0.1, 0.15) is 45.4 Å². The van der Waals surface area contributed by atoms with Gasteiger partial charge >= 0.3 is 35.6 Å². The normalized spacial score (nSPS) is 13.8. The molecular formula is C14H31LaN2O. The van der Waals surface area contributed by atoms with Crippen LogP contribution >= 0.6 is 0 Å². The van der Waals surface area contributed by atoms with E-state index in [2.05, 4.69) is 17.6 Å². The van der Waals surface area contributed by atoms with Gasteiger partial charge in [0.05, 0.1) is 0 Å². The van der Waals surface area contributed by atoms with Gasteiger partial charge in [-0.2, -0.15) is 21.0 Å².